The molecule has 0 radical (unpaired) electrons. The van der Waals surface area contributed by atoms with Gasteiger partial charge in [-0.05, 0) is 38.8 Å². The molecule has 20 heavy (non-hydrogen) atoms. The van der Waals surface area contributed by atoms with Gasteiger partial charge in [0.05, 0.1) is 6.54 Å². The molecule has 7 heteroatoms. The van der Waals surface area contributed by atoms with E-state index in [0.717, 1.165) is 5.56 Å². The largest absolute Gasteiger partial charge is 0.396 e. The third-order valence-corrected chi connectivity index (χ3v) is 3.68. The van der Waals surface area contributed by atoms with Crippen LogP contribution in [0.2, 0.25) is 0 Å². The van der Waals surface area contributed by atoms with Crippen LogP contribution < -0.4 is 0 Å². The summed E-state index contributed by atoms with van der Waals surface area (Å²) in [6, 6.07) is 7.22. The number of halogens is 1. The summed E-state index contributed by atoms with van der Waals surface area (Å²) >= 11 is 3.12. The molecule has 1 aromatic heterocycles. The first-order valence-electron chi connectivity index (χ1n) is 5.87. The van der Waals surface area contributed by atoms with E-state index in [0.29, 0.717) is 11.4 Å². The van der Waals surface area contributed by atoms with Gasteiger partial charge >= 0.3 is 5.82 Å². The van der Waals surface area contributed by atoms with Crippen molar-refractivity contribution in [3.63, 3.8) is 0 Å². The Bertz CT molecular complexity index is 694. The van der Waals surface area contributed by atoms with E-state index >= 15 is 0 Å². The molecule has 0 amide bonds. The molecular formula is C13H12BrN3O3. The highest BCUT2D eigenvalue weighted by molar-refractivity contribution is 9.10. The molecule has 0 saturated carbocycles. The summed E-state index contributed by atoms with van der Waals surface area (Å²) in [6.07, 6.45) is 0. The van der Waals surface area contributed by atoms with Gasteiger partial charge in [-0.25, -0.2) is 0 Å². The van der Waals surface area contributed by atoms with Crippen molar-refractivity contribution in [2.45, 2.75) is 20.4 Å². The molecule has 0 aliphatic carbocycles. The number of Topliss-reactive ketones (excluding diaryl/α,β-unsaturated/α-hetero) is 1. The van der Waals surface area contributed by atoms with Crippen LogP contribution in [0.1, 0.15) is 21.7 Å². The lowest BCUT2D eigenvalue weighted by atomic mass is 10.1. The van der Waals surface area contributed by atoms with Gasteiger partial charge < -0.3 is 10.1 Å². The number of imidazole rings is 1. The number of hydrogen-bond acceptors (Lipinski definition) is 4. The van der Waals surface area contributed by atoms with Crippen LogP contribution in [0.3, 0.4) is 0 Å². The Kier molecular flexibility index (Phi) is 3.99. The number of rotatable bonds is 4. The summed E-state index contributed by atoms with van der Waals surface area (Å²) in [4.78, 5) is 26.3. The molecule has 1 heterocycles. The zero-order valence-corrected chi connectivity index (χ0v) is 12.5. The fraction of sp³-hybridized carbons (Fsp3) is 0.231. The predicted octanol–water partition coefficient (Wildman–Crippen LogP) is 3.05. The van der Waals surface area contributed by atoms with E-state index in [4.69, 9.17) is 0 Å². The van der Waals surface area contributed by atoms with Crippen molar-refractivity contribution in [2.24, 2.45) is 0 Å². The summed E-state index contributed by atoms with van der Waals surface area (Å²) in [7, 11) is 0. The quantitative estimate of drug-likeness (QED) is 0.488. The van der Waals surface area contributed by atoms with Gasteiger partial charge in [-0.1, -0.05) is 23.8 Å². The minimum Gasteiger partial charge on any atom is -0.358 e. The predicted molar refractivity (Wildman–Crippen MR) is 76.8 cm³/mol. The maximum Gasteiger partial charge on any atom is 0.396 e. The highest BCUT2D eigenvalue weighted by atomic mass is 79.9. The van der Waals surface area contributed by atoms with Gasteiger partial charge in [0.2, 0.25) is 5.82 Å². The number of benzene rings is 1. The fourth-order valence-corrected chi connectivity index (χ4v) is 2.49. The molecule has 0 saturated heterocycles. The van der Waals surface area contributed by atoms with Crippen molar-refractivity contribution in [1.29, 1.82) is 0 Å². The van der Waals surface area contributed by atoms with E-state index in [1.807, 2.05) is 13.0 Å². The first-order chi connectivity index (χ1) is 9.40. The Balaban J connectivity index is 2.31. The molecule has 0 unspecified atom stereocenters. The van der Waals surface area contributed by atoms with E-state index < -0.39 is 4.92 Å². The summed E-state index contributed by atoms with van der Waals surface area (Å²) in [5.41, 5.74) is 1.57. The molecule has 0 atom stereocenters. The number of aromatic nitrogens is 2. The molecule has 1 aromatic carbocycles. The summed E-state index contributed by atoms with van der Waals surface area (Å²) in [6.45, 7) is 3.54. The Labute approximate surface area is 123 Å². The highest BCUT2D eigenvalue weighted by Gasteiger charge is 2.24. The molecular weight excluding hydrogens is 326 g/mol. The van der Waals surface area contributed by atoms with Gasteiger partial charge in [-0.2, -0.15) is 0 Å². The fourth-order valence-electron chi connectivity index (χ4n) is 1.88. The zero-order valence-electron chi connectivity index (χ0n) is 11.0. The lowest BCUT2D eigenvalue weighted by molar-refractivity contribution is -0.390. The lowest BCUT2D eigenvalue weighted by Gasteiger charge is -2.05. The lowest BCUT2D eigenvalue weighted by Crippen LogP contribution is -2.12. The van der Waals surface area contributed by atoms with Crippen LogP contribution in [0.15, 0.2) is 28.9 Å². The van der Waals surface area contributed by atoms with Crippen molar-refractivity contribution in [3.8, 4) is 0 Å². The first kappa shape index (κ1) is 14.4. The Morgan fingerprint density at radius 3 is 2.70 bits per heavy atom. The third-order valence-electron chi connectivity index (χ3n) is 2.89. The zero-order chi connectivity index (χ0) is 14.9. The molecule has 104 valence electrons. The number of nitrogens with zero attached hydrogens (tertiary/aromatic N) is 3. The maximum absolute atomic E-state index is 12.2. The second-order valence-electron chi connectivity index (χ2n) is 4.41. The van der Waals surface area contributed by atoms with Crippen molar-refractivity contribution < 1.29 is 9.72 Å². The number of carbonyl (C=O) groups excluding carboxylic acids is 1. The Morgan fingerprint density at radius 1 is 1.45 bits per heavy atom. The van der Waals surface area contributed by atoms with Crippen LogP contribution in [-0.2, 0) is 6.54 Å². The SMILES string of the molecule is Cc1cccc(C(=O)Cn2c(C)nc([N+](=O)[O-])c2Br)c1. The second kappa shape index (κ2) is 5.54. The van der Waals surface area contributed by atoms with Crippen LogP contribution in [0.5, 0.6) is 0 Å². The molecule has 0 aliphatic heterocycles. The maximum atomic E-state index is 12.2. The molecule has 6 nitrogen and oxygen atoms in total. The van der Waals surface area contributed by atoms with Gasteiger partial charge in [-0.3, -0.25) is 9.36 Å². The number of ketones is 1. The van der Waals surface area contributed by atoms with Crippen LogP contribution in [0, 0.1) is 24.0 Å². The van der Waals surface area contributed by atoms with E-state index in [2.05, 4.69) is 20.9 Å². The molecule has 2 rings (SSSR count). The van der Waals surface area contributed by atoms with Crippen LogP contribution >= 0.6 is 15.9 Å². The number of nitro groups is 1. The Morgan fingerprint density at radius 2 is 2.15 bits per heavy atom. The smallest absolute Gasteiger partial charge is 0.358 e. The third kappa shape index (κ3) is 2.77. The van der Waals surface area contributed by atoms with E-state index in [1.165, 1.54) is 4.57 Å². The standard InChI is InChI=1S/C13H12BrN3O3/c1-8-4-3-5-10(6-8)11(18)7-16-9(2)15-13(12(16)14)17(19)20/h3-6H,7H2,1-2H3. The first-order valence-corrected chi connectivity index (χ1v) is 6.66. The van der Waals surface area contributed by atoms with Gasteiger partial charge in [0.25, 0.3) is 0 Å². The van der Waals surface area contributed by atoms with Crippen molar-refractivity contribution in [2.75, 3.05) is 0 Å². The van der Waals surface area contributed by atoms with Gasteiger partial charge in [-0.15, -0.1) is 0 Å². The topological polar surface area (TPSA) is 78.0 Å². The van der Waals surface area contributed by atoms with Crippen LogP contribution in [-0.4, -0.2) is 20.3 Å². The molecule has 2 aromatic rings. The molecule has 0 spiro atoms. The van der Waals surface area contributed by atoms with Crippen molar-refractivity contribution >= 4 is 27.5 Å². The van der Waals surface area contributed by atoms with E-state index in [9.17, 15) is 14.9 Å². The molecule has 0 aliphatic rings. The Hall–Kier alpha value is -2.02. The minimum absolute atomic E-state index is 0.0106. The number of aryl methyl sites for hydroxylation is 2. The normalized spacial score (nSPS) is 10.6. The average Bonchev–Trinajstić information content (AvgIpc) is 2.67. The van der Waals surface area contributed by atoms with Crippen LogP contribution in [0.25, 0.3) is 0 Å². The summed E-state index contributed by atoms with van der Waals surface area (Å²) in [5.74, 6) is 0.0221. The molecule has 0 bridgehead atoms. The molecule has 0 N–H and O–H groups in total. The summed E-state index contributed by atoms with van der Waals surface area (Å²) < 4.78 is 1.70. The van der Waals surface area contributed by atoms with Crippen molar-refractivity contribution in [3.05, 3.63) is 55.9 Å². The highest BCUT2D eigenvalue weighted by Crippen LogP contribution is 2.25. The average molecular weight is 338 g/mol. The number of carbonyl (C=O) groups is 1. The molecule has 0 fully saturated rings. The van der Waals surface area contributed by atoms with Crippen LogP contribution in [0.4, 0.5) is 5.82 Å². The van der Waals surface area contributed by atoms with Gasteiger partial charge in [0.15, 0.2) is 10.4 Å². The second-order valence-corrected chi connectivity index (χ2v) is 5.16. The number of hydrogen-bond donors (Lipinski definition) is 0. The minimum atomic E-state index is -0.579. The van der Waals surface area contributed by atoms with Gasteiger partial charge in [0, 0.05) is 12.5 Å². The summed E-state index contributed by atoms with van der Waals surface area (Å²) in [5, 5.41) is 10.8. The van der Waals surface area contributed by atoms with Gasteiger partial charge in [0.1, 0.15) is 0 Å². The monoisotopic (exact) mass is 337 g/mol. The van der Waals surface area contributed by atoms with E-state index in [-0.39, 0.29) is 22.7 Å². The van der Waals surface area contributed by atoms with Crippen molar-refractivity contribution in [1.82, 2.24) is 9.55 Å². The van der Waals surface area contributed by atoms with E-state index in [1.54, 1.807) is 25.1 Å².